The summed E-state index contributed by atoms with van der Waals surface area (Å²) in [6.07, 6.45) is 2.45. The lowest BCUT2D eigenvalue weighted by Gasteiger charge is -2.23. The molecule has 3 heteroatoms. The molecule has 23 heavy (non-hydrogen) atoms. The molecular formula is C20H26O2Si. The van der Waals surface area contributed by atoms with Crippen molar-refractivity contribution in [1.29, 1.82) is 0 Å². The van der Waals surface area contributed by atoms with E-state index in [-0.39, 0.29) is 6.42 Å². The summed E-state index contributed by atoms with van der Waals surface area (Å²) in [5, 5.41) is 10.3. The topological polar surface area (TPSA) is 37.3 Å². The average Bonchev–Trinajstić information content (AvgIpc) is 2.49. The molecule has 0 aromatic heterocycles. The van der Waals surface area contributed by atoms with Crippen LogP contribution in [0.5, 0.6) is 0 Å². The minimum Gasteiger partial charge on any atom is -0.481 e. The van der Waals surface area contributed by atoms with Crippen LogP contribution in [0.25, 0.3) is 0 Å². The second kappa shape index (κ2) is 7.60. The van der Waals surface area contributed by atoms with E-state index in [0.717, 1.165) is 12.0 Å². The van der Waals surface area contributed by atoms with E-state index in [4.69, 9.17) is 5.11 Å². The van der Waals surface area contributed by atoms with E-state index in [1.807, 2.05) is 12.1 Å². The zero-order chi connectivity index (χ0) is 16.9. The number of rotatable bonds is 7. The van der Waals surface area contributed by atoms with E-state index in [1.165, 1.54) is 28.8 Å². The lowest BCUT2D eigenvalue weighted by atomic mass is 10.1. The molecule has 0 fully saturated rings. The van der Waals surface area contributed by atoms with E-state index >= 15 is 0 Å². The summed E-state index contributed by atoms with van der Waals surface area (Å²) < 4.78 is 0. The van der Waals surface area contributed by atoms with Crippen LogP contribution in [0.4, 0.5) is 0 Å². The molecule has 2 nitrogen and oxygen atoms in total. The summed E-state index contributed by atoms with van der Waals surface area (Å²) in [5.41, 5.74) is 3.60. The van der Waals surface area contributed by atoms with Gasteiger partial charge in [0.05, 0.1) is 14.5 Å². The van der Waals surface area contributed by atoms with Crippen molar-refractivity contribution in [2.24, 2.45) is 0 Å². The van der Waals surface area contributed by atoms with Gasteiger partial charge < -0.3 is 5.11 Å². The monoisotopic (exact) mass is 326 g/mol. The Bertz CT molecular complexity index is 642. The first-order valence-electron chi connectivity index (χ1n) is 8.23. The molecule has 1 N–H and O–H groups in total. The van der Waals surface area contributed by atoms with Crippen LogP contribution in [0.2, 0.25) is 19.1 Å². The molecule has 2 aromatic rings. The Morgan fingerprint density at radius 1 is 0.957 bits per heavy atom. The van der Waals surface area contributed by atoms with Crippen LogP contribution in [0.3, 0.4) is 0 Å². The highest BCUT2D eigenvalue weighted by molar-refractivity contribution is 6.89. The van der Waals surface area contributed by atoms with Gasteiger partial charge in [0.15, 0.2) is 0 Å². The van der Waals surface area contributed by atoms with Gasteiger partial charge in [-0.2, -0.15) is 0 Å². The normalized spacial score (nSPS) is 11.4. The Morgan fingerprint density at radius 3 is 2.09 bits per heavy atom. The number of benzene rings is 2. The van der Waals surface area contributed by atoms with Gasteiger partial charge in [0.25, 0.3) is 0 Å². The van der Waals surface area contributed by atoms with Gasteiger partial charge in [0.1, 0.15) is 0 Å². The summed E-state index contributed by atoms with van der Waals surface area (Å²) in [4.78, 5) is 10.8. The standard InChI is InChI=1S/C20H26O2Si/c1-16-6-8-17(9-7-16)5-4-14-23(2,3)19-12-10-18(11-13-19)15-20(21)22/h6-13H,4-5,14-15H2,1-3H3,(H,21,22). The molecule has 122 valence electrons. The van der Waals surface area contributed by atoms with Crippen molar-refractivity contribution in [3.8, 4) is 0 Å². The molecule has 0 unspecified atom stereocenters. The lowest BCUT2D eigenvalue weighted by molar-refractivity contribution is -0.136. The Morgan fingerprint density at radius 2 is 1.52 bits per heavy atom. The van der Waals surface area contributed by atoms with Crippen molar-refractivity contribution in [3.05, 3.63) is 65.2 Å². The highest BCUT2D eigenvalue weighted by atomic mass is 28.3. The Labute approximate surface area is 140 Å². The van der Waals surface area contributed by atoms with Crippen LogP contribution in [0.1, 0.15) is 23.1 Å². The first-order chi connectivity index (χ1) is 10.9. The summed E-state index contributed by atoms with van der Waals surface area (Å²) in [6, 6.07) is 18.3. The fourth-order valence-corrected chi connectivity index (χ4v) is 5.30. The SMILES string of the molecule is Cc1ccc(CCC[Si](C)(C)c2ccc(CC(=O)O)cc2)cc1. The minimum absolute atomic E-state index is 0.107. The van der Waals surface area contributed by atoms with Gasteiger partial charge in [-0.1, -0.05) is 84.8 Å². The van der Waals surface area contributed by atoms with Crippen LogP contribution in [0, 0.1) is 6.92 Å². The molecule has 0 aliphatic rings. The number of carboxylic acid groups (broad SMARTS) is 1. The van der Waals surface area contributed by atoms with Gasteiger partial charge in [-0.3, -0.25) is 4.79 Å². The molecule has 0 aliphatic carbocycles. The molecule has 2 aromatic carbocycles. The third-order valence-electron chi connectivity index (χ3n) is 4.48. The van der Waals surface area contributed by atoms with Crippen LogP contribution < -0.4 is 5.19 Å². The molecule has 0 heterocycles. The largest absolute Gasteiger partial charge is 0.481 e. The van der Waals surface area contributed by atoms with Gasteiger partial charge in [0.2, 0.25) is 0 Å². The third-order valence-corrected chi connectivity index (χ3v) is 7.98. The number of carboxylic acids is 1. The van der Waals surface area contributed by atoms with E-state index < -0.39 is 14.0 Å². The quantitative estimate of drug-likeness (QED) is 0.775. The van der Waals surface area contributed by atoms with Crippen LogP contribution >= 0.6 is 0 Å². The molecule has 0 saturated heterocycles. The smallest absolute Gasteiger partial charge is 0.307 e. The molecule has 0 amide bonds. The maximum Gasteiger partial charge on any atom is 0.307 e. The van der Waals surface area contributed by atoms with E-state index in [1.54, 1.807) is 0 Å². The molecule has 0 saturated carbocycles. The second-order valence-electron chi connectivity index (χ2n) is 6.99. The van der Waals surface area contributed by atoms with Crippen LogP contribution in [-0.4, -0.2) is 19.1 Å². The Hall–Kier alpha value is -1.87. The number of hydrogen-bond donors (Lipinski definition) is 1. The molecule has 0 bridgehead atoms. The maximum absolute atomic E-state index is 10.8. The summed E-state index contributed by atoms with van der Waals surface area (Å²) >= 11 is 0. The number of carbonyl (C=O) groups is 1. The number of aliphatic carboxylic acids is 1. The molecule has 0 aliphatic heterocycles. The first-order valence-corrected chi connectivity index (χ1v) is 11.4. The number of hydrogen-bond acceptors (Lipinski definition) is 1. The van der Waals surface area contributed by atoms with Crippen molar-refractivity contribution < 1.29 is 9.90 Å². The van der Waals surface area contributed by atoms with Gasteiger partial charge >= 0.3 is 5.97 Å². The van der Waals surface area contributed by atoms with Crippen molar-refractivity contribution in [2.75, 3.05) is 0 Å². The summed E-state index contributed by atoms with van der Waals surface area (Å²) in [7, 11) is -1.45. The van der Waals surface area contributed by atoms with Crippen LogP contribution in [0.15, 0.2) is 48.5 Å². The molecule has 0 radical (unpaired) electrons. The zero-order valence-corrected chi connectivity index (χ0v) is 15.3. The summed E-state index contributed by atoms with van der Waals surface area (Å²) in [6.45, 7) is 6.91. The average molecular weight is 327 g/mol. The Kier molecular flexibility index (Phi) is 5.78. The molecule has 2 rings (SSSR count). The van der Waals surface area contributed by atoms with Crippen molar-refractivity contribution >= 4 is 19.2 Å². The molecule has 0 atom stereocenters. The van der Waals surface area contributed by atoms with Crippen molar-refractivity contribution in [2.45, 2.75) is 45.3 Å². The predicted molar refractivity (Wildman–Crippen MR) is 99.2 cm³/mol. The van der Waals surface area contributed by atoms with Gasteiger partial charge in [-0.25, -0.2) is 0 Å². The molecular weight excluding hydrogens is 300 g/mol. The highest BCUT2D eigenvalue weighted by Crippen LogP contribution is 2.16. The first kappa shape index (κ1) is 17.5. The van der Waals surface area contributed by atoms with Crippen LogP contribution in [-0.2, 0) is 17.6 Å². The van der Waals surface area contributed by atoms with Gasteiger partial charge in [-0.05, 0) is 24.5 Å². The van der Waals surface area contributed by atoms with Crippen molar-refractivity contribution in [1.82, 2.24) is 0 Å². The van der Waals surface area contributed by atoms with Gasteiger partial charge in [0, 0.05) is 0 Å². The third kappa shape index (κ3) is 5.36. The number of aryl methyl sites for hydroxylation is 2. The predicted octanol–water partition coefficient (Wildman–Crippen LogP) is 4.17. The zero-order valence-electron chi connectivity index (χ0n) is 14.3. The summed E-state index contributed by atoms with van der Waals surface area (Å²) in [5.74, 6) is -0.771. The van der Waals surface area contributed by atoms with E-state index in [0.29, 0.717) is 0 Å². The fourth-order valence-electron chi connectivity index (χ4n) is 2.88. The lowest BCUT2D eigenvalue weighted by Crippen LogP contribution is -2.41. The highest BCUT2D eigenvalue weighted by Gasteiger charge is 2.22. The maximum atomic E-state index is 10.8. The van der Waals surface area contributed by atoms with Gasteiger partial charge in [-0.15, -0.1) is 0 Å². The van der Waals surface area contributed by atoms with E-state index in [9.17, 15) is 4.79 Å². The second-order valence-corrected chi connectivity index (χ2v) is 11.8. The minimum atomic E-state index is -1.45. The fraction of sp³-hybridized carbons (Fsp3) is 0.350. The molecule has 0 spiro atoms. The van der Waals surface area contributed by atoms with E-state index in [2.05, 4.69) is 56.4 Å². The van der Waals surface area contributed by atoms with Crippen molar-refractivity contribution in [3.63, 3.8) is 0 Å². The Balaban J connectivity index is 1.92.